The average Bonchev–Trinajstić information content (AvgIpc) is 3.26. The second-order valence-electron chi connectivity index (χ2n) is 8.65. The Kier molecular flexibility index (Phi) is 6.99. The van der Waals surface area contributed by atoms with Crippen molar-refractivity contribution in [1.29, 1.82) is 0 Å². The van der Waals surface area contributed by atoms with E-state index < -0.39 is 0 Å². The normalized spacial score (nSPS) is 21.2. The van der Waals surface area contributed by atoms with Gasteiger partial charge in [0.25, 0.3) is 5.91 Å². The molecule has 2 aliphatic rings. The summed E-state index contributed by atoms with van der Waals surface area (Å²) in [6.45, 7) is 3.27. The lowest BCUT2D eigenvalue weighted by molar-refractivity contribution is 0.0890. The van der Waals surface area contributed by atoms with E-state index in [2.05, 4.69) is 45.7 Å². The summed E-state index contributed by atoms with van der Waals surface area (Å²) in [5.74, 6) is 0.624. The van der Waals surface area contributed by atoms with Gasteiger partial charge < -0.3 is 14.7 Å². The van der Waals surface area contributed by atoms with Gasteiger partial charge in [0.1, 0.15) is 0 Å². The number of benzene rings is 1. The molecule has 2 fully saturated rings. The zero-order valence-corrected chi connectivity index (χ0v) is 17.3. The Balaban J connectivity index is 1.26. The summed E-state index contributed by atoms with van der Waals surface area (Å²) < 4.78 is 5.41. The molecule has 1 aromatic heterocycles. The zero-order chi connectivity index (χ0) is 19.9. The highest BCUT2D eigenvalue weighted by Crippen LogP contribution is 2.27. The van der Waals surface area contributed by atoms with Gasteiger partial charge in [0.05, 0.1) is 5.69 Å². The molecule has 2 heterocycles. The number of rotatable bonds is 7. The Labute approximate surface area is 173 Å². The van der Waals surface area contributed by atoms with Gasteiger partial charge in [0.2, 0.25) is 5.76 Å². The fourth-order valence-electron chi connectivity index (χ4n) is 4.74. The first kappa shape index (κ1) is 20.1. The fourth-order valence-corrected chi connectivity index (χ4v) is 4.74. The number of aryl methyl sites for hydroxylation is 1. The highest BCUT2D eigenvalue weighted by atomic mass is 16.5. The lowest BCUT2D eigenvalue weighted by atomic mass is 9.94. The van der Waals surface area contributed by atoms with Gasteiger partial charge in [-0.05, 0) is 57.2 Å². The highest BCUT2D eigenvalue weighted by molar-refractivity contribution is 5.91. The molecular formula is C24H33N3O2. The van der Waals surface area contributed by atoms with Crippen molar-refractivity contribution in [2.24, 2.45) is 0 Å². The SMILES string of the molecule is O=C(NC1CCCCC1)c1cc(C2CCCN(CCCc3ccccc3)C2)no1. The van der Waals surface area contributed by atoms with Crippen LogP contribution in [0.15, 0.2) is 40.9 Å². The van der Waals surface area contributed by atoms with Gasteiger partial charge in [-0.1, -0.05) is 54.8 Å². The molecule has 0 bridgehead atoms. The molecule has 156 valence electrons. The number of piperidine rings is 1. The minimum absolute atomic E-state index is 0.105. The van der Waals surface area contributed by atoms with Crippen molar-refractivity contribution in [2.75, 3.05) is 19.6 Å². The number of likely N-dealkylation sites (tertiary alicyclic amines) is 1. The first-order valence-electron chi connectivity index (χ1n) is 11.3. The van der Waals surface area contributed by atoms with E-state index in [-0.39, 0.29) is 5.91 Å². The number of hydrogen-bond acceptors (Lipinski definition) is 4. The van der Waals surface area contributed by atoms with Gasteiger partial charge in [0, 0.05) is 24.6 Å². The van der Waals surface area contributed by atoms with Gasteiger partial charge in [-0.15, -0.1) is 0 Å². The third-order valence-corrected chi connectivity index (χ3v) is 6.40. The maximum Gasteiger partial charge on any atom is 0.290 e. The molecular weight excluding hydrogens is 362 g/mol. The van der Waals surface area contributed by atoms with Crippen LogP contribution in [0.25, 0.3) is 0 Å². The quantitative estimate of drug-likeness (QED) is 0.747. The summed E-state index contributed by atoms with van der Waals surface area (Å²) in [6.07, 6.45) is 10.4. The van der Waals surface area contributed by atoms with Crippen LogP contribution < -0.4 is 5.32 Å². The number of carbonyl (C=O) groups excluding carboxylic acids is 1. The maximum atomic E-state index is 12.5. The molecule has 0 spiro atoms. The molecule has 1 atom stereocenters. The summed E-state index contributed by atoms with van der Waals surface area (Å²) >= 11 is 0. The first-order chi connectivity index (χ1) is 14.3. The van der Waals surface area contributed by atoms with E-state index in [9.17, 15) is 4.79 Å². The highest BCUT2D eigenvalue weighted by Gasteiger charge is 2.26. The van der Waals surface area contributed by atoms with Crippen molar-refractivity contribution in [3.63, 3.8) is 0 Å². The smallest absolute Gasteiger partial charge is 0.290 e. The van der Waals surface area contributed by atoms with E-state index in [1.54, 1.807) is 0 Å². The first-order valence-corrected chi connectivity index (χ1v) is 11.3. The minimum atomic E-state index is -0.105. The molecule has 1 aromatic carbocycles. The molecule has 4 rings (SSSR count). The molecule has 1 aliphatic heterocycles. The predicted molar refractivity (Wildman–Crippen MR) is 114 cm³/mol. The summed E-state index contributed by atoms with van der Waals surface area (Å²) in [4.78, 5) is 15.0. The number of carbonyl (C=O) groups is 1. The van der Waals surface area contributed by atoms with Crippen LogP contribution in [0.5, 0.6) is 0 Å². The van der Waals surface area contributed by atoms with E-state index in [1.165, 1.54) is 37.7 Å². The molecule has 1 N–H and O–H groups in total. The summed E-state index contributed by atoms with van der Waals surface area (Å²) in [5, 5.41) is 7.37. The van der Waals surface area contributed by atoms with Gasteiger partial charge in [-0.25, -0.2) is 0 Å². The van der Waals surface area contributed by atoms with E-state index in [0.29, 0.717) is 17.7 Å². The Morgan fingerprint density at radius 2 is 1.93 bits per heavy atom. The molecule has 5 nitrogen and oxygen atoms in total. The summed E-state index contributed by atoms with van der Waals surface area (Å²) in [7, 11) is 0. The molecule has 1 saturated carbocycles. The minimum Gasteiger partial charge on any atom is -0.351 e. The molecule has 1 unspecified atom stereocenters. The van der Waals surface area contributed by atoms with Gasteiger partial charge in [0.15, 0.2) is 0 Å². The van der Waals surface area contributed by atoms with E-state index in [1.807, 2.05) is 6.07 Å². The van der Waals surface area contributed by atoms with Crippen LogP contribution in [0.3, 0.4) is 0 Å². The second-order valence-corrected chi connectivity index (χ2v) is 8.65. The average molecular weight is 396 g/mol. The Bertz CT molecular complexity index is 767. The van der Waals surface area contributed by atoms with Crippen LogP contribution in [0.1, 0.15) is 79.1 Å². The number of amides is 1. The standard InChI is InChI=1S/C24H33N3O2/c28-24(25-21-13-5-2-6-14-21)23-17-22(26-29-23)20-12-8-16-27(18-20)15-7-11-19-9-3-1-4-10-19/h1,3-4,9-10,17,20-21H,2,5-8,11-16,18H2,(H,25,28). The van der Waals surface area contributed by atoms with Crippen LogP contribution >= 0.6 is 0 Å². The third kappa shape index (κ3) is 5.69. The Morgan fingerprint density at radius 3 is 2.76 bits per heavy atom. The maximum absolute atomic E-state index is 12.5. The summed E-state index contributed by atoms with van der Waals surface area (Å²) in [5.41, 5.74) is 2.35. The van der Waals surface area contributed by atoms with Crippen LogP contribution in [0.4, 0.5) is 0 Å². The van der Waals surface area contributed by atoms with E-state index >= 15 is 0 Å². The van der Waals surface area contributed by atoms with Crippen molar-refractivity contribution < 1.29 is 9.32 Å². The third-order valence-electron chi connectivity index (χ3n) is 6.40. The van der Waals surface area contributed by atoms with Crippen molar-refractivity contribution in [3.8, 4) is 0 Å². The van der Waals surface area contributed by atoms with Crippen LogP contribution in [-0.4, -0.2) is 41.6 Å². The number of nitrogens with zero attached hydrogens (tertiary/aromatic N) is 2. The van der Waals surface area contributed by atoms with Crippen molar-refractivity contribution in [2.45, 2.75) is 69.7 Å². The summed E-state index contributed by atoms with van der Waals surface area (Å²) in [6, 6.07) is 12.9. The second kappa shape index (κ2) is 10.1. The molecule has 0 radical (unpaired) electrons. The van der Waals surface area contributed by atoms with Gasteiger partial charge >= 0.3 is 0 Å². The number of nitrogens with one attached hydrogen (secondary N) is 1. The van der Waals surface area contributed by atoms with Gasteiger partial charge in [-0.3, -0.25) is 4.79 Å². The number of hydrogen-bond donors (Lipinski definition) is 1. The molecule has 1 amide bonds. The van der Waals surface area contributed by atoms with Crippen molar-refractivity contribution >= 4 is 5.91 Å². The Morgan fingerprint density at radius 1 is 1.10 bits per heavy atom. The zero-order valence-electron chi connectivity index (χ0n) is 17.3. The predicted octanol–water partition coefficient (Wildman–Crippen LogP) is 4.55. The molecule has 2 aromatic rings. The van der Waals surface area contributed by atoms with Crippen molar-refractivity contribution in [1.82, 2.24) is 15.4 Å². The molecule has 29 heavy (non-hydrogen) atoms. The molecule has 1 saturated heterocycles. The lowest BCUT2D eigenvalue weighted by Crippen LogP contribution is -2.36. The van der Waals surface area contributed by atoms with E-state index in [4.69, 9.17) is 4.52 Å². The number of aromatic nitrogens is 1. The molecule has 5 heteroatoms. The Hall–Kier alpha value is -2.14. The van der Waals surface area contributed by atoms with E-state index in [0.717, 1.165) is 51.0 Å². The lowest BCUT2D eigenvalue weighted by Gasteiger charge is -2.31. The van der Waals surface area contributed by atoms with Crippen LogP contribution in [-0.2, 0) is 6.42 Å². The largest absolute Gasteiger partial charge is 0.351 e. The fraction of sp³-hybridized carbons (Fsp3) is 0.583. The van der Waals surface area contributed by atoms with Crippen LogP contribution in [0, 0.1) is 0 Å². The van der Waals surface area contributed by atoms with Crippen LogP contribution in [0.2, 0.25) is 0 Å². The topological polar surface area (TPSA) is 58.4 Å². The van der Waals surface area contributed by atoms with Gasteiger partial charge in [-0.2, -0.15) is 0 Å². The monoisotopic (exact) mass is 395 g/mol. The van der Waals surface area contributed by atoms with Crippen molar-refractivity contribution in [3.05, 3.63) is 53.4 Å². The molecule has 1 aliphatic carbocycles.